The van der Waals surface area contributed by atoms with E-state index in [1.165, 1.54) is 31.2 Å². The Hall–Kier alpha value is -0.890. The van der Waals surface area contributed by atoms with E-state index in [-0.39, 0.29) is 5.82 Å². The Morgan fingerprint density at radius 1 is 1.18 bits per heavy atom. The van der Waals surface area contributed by atoms with Gasteiger partial charge in [-0.05, 0) is 49.3 Å². The van der Waals surface area contributed by atoms with E-state index in [2.05, 4.69) is 19.2 Å². The van der Waals surface area contributed by atoms with Crippen LogP contribution in [0.2, 0.25) is 0 Å². The molecule has 0 radical (unpaired) electrons. The van der Waals surface area contributed by atoms with Crippen LogP contribution in [0.15, 0.2) is 24.3 Å². The Kier molecular flexibility index (Phi) is 4.16. The van der Waals surface area contributed by atoms with Gasteiger partial charge < -0.3 is 5.32 Å². The lowest BCUT2D eigenvalue weighted by molar-refractivity contribution is 0.258. The predicted octanol–water partition coefficient (Wildman–Crippen LogP) is 3.85. The van der Waals surface area contributed by atoms with Crippen LogP contribution in [0.4, 0.5) is 4.39 Å². The summed E-state index contributed by atoms with van der Waals surface area (Å²) < 4.78 is 12.8. The molecule has 1 nitrogen and oxygen atoms in total. The standard InChI is InChI=1S/C15H22FN/c1-3-14(4-2)17-15-9-12(10-15)11-5-7-13(16)8-6-11/h5-8,12,14-15,17H,3-4,9-10H2,1-2H3. The van der Waals surface area contributed by atoms with Crippen molar-refractivity contribution in [3.8, 4) is 0 Å². The van der Waals surface area contributed by atoms with Crippen LogP contribution in [-0.2, 0) is 0 Å². The minimum Gasteiger partial charge on any atom is -0.311 e. The van der Waals surface area contributed by atoms with Crippen molar-refractivity contribution in [2.24, 2.45) is 0 Å². The second-order valence-electron chi connectivity index (χ2n) is 5.10. The number of nitrogens with one attached hydrogen (secondary N) is 1. The molecule has 1 aromatic rings. The quantitative estimate of drug-likeness (QED) is 0.817. The Balaban J connectivity index is 1.80. The summed E-state index contributed by atoms with van der Waals surface area (Å²) in [6, 6.07) is 8.30. The third-order valence-electron chi connectivity index (χ3n) is 3.94. The third-order valence-corrected chi connectivity index (χ3v) is 3.94. The van der Waals surface area contributed by atoms with E-state index < -0.39 is 0 Å². The first-order chi connectivity index (χ1) is 8.22. The molecule has 1 saturated carbocycles. The van der Waals surface area contributed by atoms with Gasteiger partial charge in [0.2, 0.25) is 0 Å². The molecule has 1 aliphatic rings. The lowest BCUT2D eigenvalue weighted by Gasteiger charge is -2.38. The molecule has 1 fully saturated rings. The van der Waals surface area contributed by atoms with Gasteiger partial charge in [0.1, 0.15) is 5.82 Å². The number of hydrogen-bond donors (Lipinski definition) is 1. The Labute approximate surface area is 103 Å². The summed E-state index contributed by atoms with van der Waals surface area (Å²) in [6.07, 6.45) is 4.80. The Morgan fingerprint density at radius 3 is 2.29 bits per heavy atom. The van der Waals surface area contributed by atoms with Crippen LogP contribution in [0.25, 0.3) is 0 Å². The molecular weight excluding hydrogens is 213 g/mol. The molecule has 17 heavy (non-hydrogen) atoms. The molecule has 1 aliphatic carbocycles. The summed E-state index contributed by atoms with van der Waals surface area (Å²) >= 11 is 0. The highest BCUT2D eigenvalue weighted by atomic mass is 19.1. The van der Waals surface area contributed by atoms with E-state index in [4.69, 9.17) is 0 Å². The van der Waals surface area contributed by atoms with Crippen molar-refractivity contribution < 1.29 is 4.39 Å². The molecule has 0 spiro atoms. The molecule has 2 heteroatoms. The Bertz CT molecular complexity index is 336. The number of rotatable bonds is 5. The number of hydrogen-bond acceptors (Lipinski definition) is 1. The average Bonchev–Trinajstić information content (AvgIpc) is 2.30. The molecular formula is C15H22FN. The molecule has 0 atom stereocenters. The largest absolute Gasteiger partial charge is 0.311 e. The lowest BCUT2D eigenvalue weighted by atomic mass is 9.75. The molecule has 1 N–H and O–H groups in total. The van der Waals surface area contributed by atoms with Crippen LogP contribution in [0, 0.1) is 5.82 Å². The first-order valence-corrected chi connectivity index (χ1v) is 6.74. The molecule has 1 aromatic carbocycles. The fourth-order valence-electron chi connectivity index (χ4n) is 2.62. The van der Waals surface area contributed by atoms with E-state index >= 15 is 0 Å². The molecule has 0 amide bonds. The zero-order valence-electron chi connectivity index (χ0n) is 10.7. The maximum atomic E-state index is 12.8. The van der Waals surface area contributed by atoms with Crippen LogP contribution in [0.3, 0.4) is 0 Å². The van der Waals surface area contributed by atoms with Gasteiger partial charge in [-0.2, -0.15) is 0 Å². The van der Waals surface area contributed by atoms with Crippen molar-refractivity contribution >= 4 is 0 Å². The number of benzene rings is 1. The highest BCUT2D eigenvalue weighted by molar-refractivity contribution is 5.23. The molecule has 0 aliphatic heterocycles. The predicted molar refractivity (Wildman–Crippen MR) is 69.7 cm³/mol. The summed E-state index contributed by atoms with van der Waals surface area (Å²) in [5.74, 6) is 0.488. The van der Waals surface area contributed by atoms with Gasteiger partial charge in [0, 0.05) is 12.1 Å². The summed E-state index contributed by atoms with van der Waals surface area (Å²) in [7, 11) is 0. The van der Waals surface area contributed by atoms with E-state index in [0.29, 0.717) is 18.0 Å². The van der Waals surface area contributed by atoms with Gasteiger partial charge in [-0.1, -0.05) is 26.0 Å². The molecule has 0 aromatic heterocycles. The smallest absolute Gasteiger partial charge is 0.123 e. The maximum absolute atomic E-state index is 12.8. The first kappa shape index (κ1) is 12.6. The topological polar surface area (TPSA) is 12.0 Å². The summed E-state index contributed by atoms with van der Waals surface area (Å²) in [6.45, 7) is 4.47. The fourth-order valence-corrected chi connectivity index (χ4v) is 2.62. The molecule has 0 bridgehead atoms. The van der Waals surface area contributed by atoms with E-state index in [9.17, 15) is 4.39 Å². The van der Waals surface area contributed by atoms with Crippen molar-refractivity contribution in [2.45, 2.75) is 57.5 Å². The zero-order chi connectivity index (χ0) is 12.3. The second-order valence-corrected chi connectivity index (χ2v) is 5.10. The zero-order valence-corrected chi connectivity index (χ0v) is 10.7. The van der Waals surface area contributed by atoms with E-state index in [1.807, 2.05) is 12.1 Å². The Morgan fingerprint density at radius 2 is 1.76 bits per heavy atom. The van der Waals surface area contributed by atoms with Crippen molar-refractivity contribution in [2.75, 3.05) is 0 Å². The third kappa shape index (κ3) is 3.06. The molecule has 0 saturated heterocycles. The minimum absolute atomic E-state index is 0.139. The molecule has 94 valence electrons. The SMILES string of the molecule is CCC(CC)NC1CC(c2ccc(F)cc2)C1. The van der Waals surface area contributed by atoms with Crippen molar-refractivity contribution in [1.29, 1.82) is 0 Å². The van der Waals surface area contributed by atoms with Gasteiger partial charge >= 0.3 is 0 Å². The van der Waals surface area contributed by atoms with Gasteiger partial charge in [-0.3, -0.25) is 0 Å². The minimum atomic E-state index is -0.139. The van der Waals surface area contributed by atoms with Gasteiger partial charge in [0.25, 0.3) is 0 Å². The van der Waals surface area contributed by atoms with Crippen LogP contribution in [-0.4, -0.2) is 12.1 Å². The van der Waals surface area contributed by atoms with Crippen LogP contribution in [0.5, 0.6) is 0 Å². The first-order valence-electron chi connectivity index (χ1n) is 6.74. The van der Waals surface area contributed by atoms with Crippen LogP contribution in [0.1, 0.15) is 51.0 Å². The molecule has 2 rings (SSSR count). The van der Waals surface area contributed by atoms with Crippen molar-refractivity contribution in [3.05, 3.63) is 35.6 Å². The fraction of sp³-hybridized carbons (Fsp3) is 0.600. The monoisotopic (exact) mass is 235 g/mol. The molecule has 0 heterocycles. The second kappa shape index (κ2) is 5.63. The van der Waals surface area contributed by atoms with Crippen LogP contribution < -0.4 is 5.32 Å². The van der Waals surface area contributed by atoms with Gasteiger partial charge in [-0.15, -0.1) is 0 Å². The summed E-state index contributed by atoms with van der Waals surface area (Å²) in [5.41, 5.74) is 1.29. The van der Waals surface area contributed by atoms with E-state index in [1.54, 1.807) is 12.1 Å². The van der Waals surface area contributed by atoms with Crippen molar-refractivity contribution in [1.82, 2.24) is 5.32 Å². The molecule has 0 unspecified atom stereocenters. The number of halogens is 1. The highest BCUT2D eigenvalue weighted by Gasteiger charge is 2.30. The lowest BCUT2D eigenvalue weighted by Crippen LogP contribution is -2.45. The maximum Gasteiger partial charge on any atom is 0.123 e. The van der Waals surface area contributed by atoms with E-state index in [0.717, 1.165) is 0 Å². The van der Waals surface area contributed by atoms with Crippen LogP contribution >= 0.6 is 0 Å². The van der Waals surface area contributed by atoms with Gasteiger partial charge in [-0.25, -0.2) is 4.39 Å². The van der Waals surface area contributed by atoms with Crippen molar-refractivity contribution in [3.63, 3.8) is 0 Å². The summed E-state index contributed by atoms with van der Waals surface area (Å²) in [5, 5.41) is 3.69. The highest BCUT2D eigenvalue weighted by Crippen LogP contribution is 2.37. The van der Waals surface area contributed by atoms with Gasteiger partial charge in [0.15, 0.2) is 0 Å². The average molecular weight is 235 g/mol. The normalized spacial score (nSPS) is 23.8. The summed E-state index contributed by atoms with van der Waals surface area (Å²) in [4.78, 5) is 0. The van der Waals surface area contributed by atoms with Gasteiger partial charge in [0.05, 0.1) is 0 Å².